The van der Waals surface area contributed by atoms with E-state index in [0.29, 0.717) is 0 Å². The van der Waals surface area contributed by atoms with Gasteiger partial charge in [0.05, 0.1) is 12.2 Å². The number of anilines is 1. The van der Waals surface area contributed by atoms with E-state index in [1.54, 1.807) is 12.5 Å². The average Bonchev–Trinajstić information content (AvgIpc) is 3.41. The zero-order chi connectivity index (χ0) is 20.1. The lowest BCUT2D eigenvalue weighted by Crippen LogP contribution is -2.40. The first-order chi connectivity index (χ1) is 14.2. The number of piperidine rings is 1. The highest BCUT2D eigenvalue weighted by molar-refractivity contribution is 5.92. The van der Waals surface area contributed by atoms with Crippen molar-refractivity contribution in [3.05, 3.63) is 72.7 Å². The fourth-order valence-corrected chi connectivity index (χ4v) is 3.74. The number of rotatable bonds is 6. The predicted octanol–water partition coefficient (Wildman–Crippen LogP) is 4.14. The van der Waals surface area contributed by atoms with Gasteiger partial charge in [-0.05, 0) is 68.8 Å². The van der Waals surface area contributed by atoms with E-state index >= 15 is 0 Å². The molecule has 0 radical (unpaired) electrons. The maximum Gasteiger partial charge on any atom is 0.228 e. The summed E-state index contributed by atoms with van der Waals surface area (Å²) in [6.45, 7) is 4.59. The Kier molecular flexibility index (Phi) is 5.91. The Balaban J connectivity index is 1.31. The Morgan fingerprint density at radius 3 is 2.90 bits per heavy atom. The second-order valence-corrected chi connectivity index (χ2v) is 7.40. The molecule has 6 heteroatoms. The number of carbonyl (C=O) groups excluding carboxylic acids is 1. The van der Waals surface area contributed by atoms with Crippen molar-refractivity contribution in [3.63, 3.8) is 0 Å². The zero-order valence-corrected chi connectivity index (χ0v) is 16.6. The monoisotopic (exact) mass is 390 g/mol. The summed E-state index contributed by atoms with van der Waals surface area (Å²) in [6, 6.07) is 11.7. The third kappa shape index (κ3) is 4.84. The number of hydrogen-bond acceptors (Lipinski definition) is 4. The Morgan fingerprint density at radius 2 is 2.17 bits per heavy atom. The third-order valence-corrected chi connectivity index (χ3v) is 5.30. The number of hydrogen-bond donors (Lipinski definition) is 1. The van der Waals surface area contributed by atoms with Crippen molar-refractivity contribution in [2.45, 2.75) is 19.8 Å². The van der Waals surface area contributed by atoms with Crippen molar-refractivity contribution in [3.8, 4) is 5.69 Å². The Hall–Kier alpha value is -3.12. The number of aromatic nitrogens is 2. The molecule has 0 spiro atoms. The molecule has 6 nitrogen and oxygen atoms in total. The smallest absolute Gasteiger partial charge is 0.228 e. The molecule has 0 unspecified atom stereocenters. The van der Waals surface area contributed by atoms with Crippen LogP contribution >= 0.6 is 0 Å². The molecule has 1 aromatic carbocycles. The maximum absolute atomic E-state index is 12.8. The molecule has 1 fully saturated rings. The number of aryl methyl sites for hydroxylation is 1. The highest BCUT2D eigenvalue weighted by Gasteiger charge is 2.25. The van der Waals surface area contributed by atoms with Crippen molar-refractivity contribution >= 4 is 17.7 Å². The number of amides is 1. The van der Waals surface area contributed by atoms with E-state index in [0.717, 1.165) is 55.4 Å². The highest BCUT2D eigenvalue weighted by atomic mass is 16.3. The number of benzene rings is 1. The van der Waals surface area contributed by atoms with Crippen LogP contribution < -0.4 is 5.32 Å². The van der Waals surface area contributed by atoms with E-state index in [1.165, 1.54) is 0 Å². The van der Waals surface area contributed by atoms with Gasteiger partial charge in [0.2, 0.25) is 5.91 Å². The first-order valence-electron chi connectivity index (χ1n) is 10.0. The Morgan fingerprint density at radius 1 is 1.31 bits per heavy atom. The Labute approximate surface area is 170 Å². The summed E-state index contributed by atoms with van der Waals surface area (Å²) in [5.41, 5.74) is 1.86. The lowest BCUT2D eigenvalue weighted by Gasteiger charge is -2.31. The molecule has 3 heterocycles. The summed E-state index contributed by atoms with van der Waals surface area (Å²) in [5, 5.41) is 3.07. The summed E-state index contributed by atoms with van der Waals surface area (Å²) < 4.78 is 7.33. The summed E-state index contributed by atoms with van der Waals surface area (Å²) in [5.74, 6) is 1.89. The van der Waals surface area contributed by atoms with Crippen molar-refractivity contribution in [1.82, 2.24) is 14.5 Å². The molecular weight excluding hydrogens is 364 g/mol. The normalized spacial score (nSPS) is 17.6. The second kappa shape index (κ2) is 8.92. The molecule has 4 rings (SSSR count). The highest BCUT2D eigenvalue weighted by Crippen LogP contribution is 2.20. The molecule has 29 heavy (non-hydrogen) atoms. The molecule has 1 amide bonds. The minimum atomic E-state index is 0.0105. The summed E-state index contributed by atoms with van der Waals surface area (Å²) in [6.07, 6.45) is 11.4. The second-order valence-electron chi connectivity index (χ2n) is 7.40. The van der Waals surface area contributed by atoms with Gasteiger partial charge in [-0.1, -0.05) is 6.08 Å². The summed E-state index contributed by atoms with van der Waals surface area (Å²) in [7, 11) is 0. The van der Waals surface area contributed by atoms with Gasteiger partial charge in [0, 0.05) is 36.9 Å². The average molecular weight is 390 g/mol. The standard InChI is InChI=1S/C23H26N4O2/c1-18-24-12-15-27(18)21-10-8-20(9-11-21)25-23(28)19-5-2-13-26(17-19)14-3-6-22-7-4-16-29-22/h3-4,6-12,15-16,19H,2,5,13-14,17H2,1H3,(H,25,28)/b6-3+/t19-/m1/s1. The quantitative estimate of drug-likeness (QED) is 0.687. The fraction of sp³-hybridized carbons (Fsp3) is 0.304. The molecule has 2 aromatic heterocycles. The van der Waals surface area contributed by atoms with Crippen molar-refractivity contribution in [1.29, 1.82) is 0 Å². The van der Waals surface area contributed by atoms with Crippen molar-refractivity contribution in [2.75, 3.05) is 25.0 Å². The number of imidazole rings is 1. The molecule has 1 atom stereocenters. The lowest BCUT2D eigenvalue weighted by molar-refractivity contribution is -0.121. The van der Waals surface area contributed by atoms with Crippen LogP contribution in [-0.2, 0) is 4.79 Å². The van der Waals surface area contributed by atoms with E-state index in [-0.39, 0.29) is 11.8 Å². The number of furan rings is 1. The van der Waals surface area contributed by atoms with Crippen LogP contribution in [0.3, 0.4) is 0 Å². The molecular formula is C23H26N4O2. The molecule has 1 aliphatic heterocycles. The minimum absolute atomic E-state index is 0.0105. The van der Waals surface area contributed by atoms with Gasteiger partial charge in [-0.2, -0.15) is 0 Å². The van der Waals surface area contributed by atoms with Crippen LogP contribution in [0.1, 0.15) is 24.4 Å². The van der Waals surface area contributed by atoms with Crippen LogP contribution in [0.5, 0.6) is 0 Å². The van der Waals surface area contributed by atoms with Gasteiger partial charge in [0.1, 0.15) is 11.6 Å². The van der Waals surface area contributed by atoms with Crippen LogP contribution in [0.4, 0.5) is 5.69 Å². The van der Waals surface area contributed by atoms with Crippen molar-refractivity contribution in [2.24, 2.45) is 5.92 Å². The van der Waals surface area contributed by atoms with E-state index in [9.17, 15) is 4.79 Å². The summed E-state index contributed by atoms with van der Waals surface area (Å²) >= 11 is 0. The topological polar surface area (TPSA) is 63.3 Å². The zero-order valence-electron chi connectivity index (χ0n) is 16.6. The lowest BCUT2D eigenvalue weighted by atomic mass is 9.97. The van der Waals surface area contributed by atoms with Crippen LogP contribution in [0.15, 0.2) is 65.5 Å². The molecule has 0 saturated carbocycles. The number of carbonyl (C=O) groups is 1. The molecule has 1 saturated heterocycles. The van der Waals surface area contributed by atoms with E-state index in [1.807, 2.05) is 60.2 Å². The molecule has 0 bridgehead atoms. The SMILES string of the molecule is Cc1nccn1-c1ccc(NC(=O)[C@@H]2CCCN(C/C=C/c3ccco3)C2)cc1. The maximum atomic E-state index is 12.8. The van der Waals surface area contributed by atoms with E-state index in [4.69, 9.17) is 4.42 Å². The van der Waals surface area contributed by atoms with Crippen molar-refractivity contribution < 1.29 is 9.21 Å². The third-order valence-electron chi connectivity index (χ3n) is 5.30. The van der Waals surface area contributed by atoms with Crippen LogP contribution in [0.2, 0.25) is 0 Å². The number of nitrogens with one attached hydrogen (secondary N) is 1. The number of nitrogens with zero attached hydrogens (tertiary/aromatic N) is 3. The molecule has 0 aliphatic carbocycles. The molecule has 150 valence electrons. The van der Waals surface area contributed by atoms with Gasteiger partial charge in [-0.3, -0.25) is 9.69 Å². The van der Waals surface area contributed by atoms with Gasteiger partial charge in [0.15, 0.2) is 0 Å². The van der Waals surface area contributed by atoms with Crippen LogP contribution in [0, 0.1) is 12.8 Å². The van der Waals surface area contributed by atoms with Crippen LogP contribution in [0.25, 0.3) is 11.8 Å². The molecule has 1 N–H and O–H groups in total. The van der Waals surface area contributed by atoms with Gasteiger partial charge < -0.3 is 14.3 Å². The largest absolute Gasteiger partial charge is 0.465 e. The minimum Gasteiger partial charge on any atom is -0.465 e. The number of likely N-dealkylation sites (tertiary alicyclic amines) is 1. The van der Waals surface area contributed by atoms with Gasteiger partial charge in [-0.15, -0.1) is 0 Å². The fourth-order valence-electron chi connectivity index (χ4n) is 3.74. The Bertz CT molecular complexity index is 957. The molecule has 3 aromatic rings. The first-order valence-corrected chi connectivity index (χ1v) is 10.0. The van der Waals surface area contributed by atoms with E-state index in [2.05, 4.69) is 21.3 Å². The van der Waals surface area contributed by atoms with Gasteiger partial charge in [-0.25, -0.2) is 4.98 Å². The van der Waals surface area contributed by atoms with Crippen LogP contribution in [-0.4, -0.2) is 40.0 Å². The van der Waals surface area contributed by atoms with E-state index < -0.39 is 0 Å². The first kappa shape index (κ1) is 19.2. The molecule has 1 aliphatic rings. The van der Waals surface area contributed by atoms with Gasteiger partial charge >= 0.3 is 0 Å². The summed E-state index contributed by atoms with van der Waals surface area (Å²) in [4.78, 5) is 19.3. The van der Waals surface area contributed by atoms with Gasteiger partial charge in [0.25, 0.3) is 0 Å². The predicted molar refractivity (Wildman–Crippen MR) is 114 cm³/mol.